The van der Waals surface area contributed by atoms with Crippen molar-refractivity contribution in [3.05, 3.63) is 33.8 Å². The quantitative estimate of drug-likeness (QED) is 0.773. The zero-order chi connectivity index (χ0) is 16.8. The minimum absolute atomic E-state index is 0.125. The molecule has 3 aliphatic rings. The lowest BCUT2D eigenvalue weighted by Crippen LogP contribution is -2.48. The standard InChI is InChI=1S/C17H18BrN3O3/c18-10-1-4-13-14(7-10)17(24)20(16(13)23)9-15(22)21-11-2-3-12(21)8-19-6-5-11/h1,4,7,11-12,19H,2-3,5-6,8-9H2. The molecule has 3 amide bonds. The maximum absolute atomic E-state index is 12.8. The molecule has 6 nitrogen and oxygen atoms in total. The van der Waals surface area contributed by atoms with E-state index in [1.165, 1.54) is 0 Å². The topological polar surface area (TPSA) is 69.7 Å². The van der Waals surface area contributed by atoms with Gasteiger partial charge in [-0.15, -0.1) is 0 Å². The average Bonchev–Trinajstić information content (AvgIpc) is 2.95. The van der Waals surface area contributed by atoms with Crippen LogP contribution in [0.1, 0.15) is 40.0 Å². The molecule has 2 saturated heterocycles. The molecule has 2 atom stereocenters. The Hall–Kier alpha value is -1.73. The number of carbonyl (C=O) groups excluding carboxylic acids is 3. The Labute approximate surface area is 148 Å². The van der Waals surface area contributed by atoms with Crippen molar-refractivity contribution in [3.8, 4) is 0 Å². The van der Waals surface area contributed by atoms with E-state index in [-0.39, 0.29) is 36.3 Å². The van der Waals surface area contributed by atoms with Crippen molar-refractivity contribution < 1.29 is 14.4 Å². The molecule has 2 bridgehead atoms. The van der Waals surface area contributed by atoms with Crippen molar-refractivity contribution in [1.29, 1.82) is 0 Å². The van der Waals surface area contributed by atoms with E-state index in [1.54, 1.807) is 18.2 Å². The number of amides is 3. The number of nitrogens with zero attached hydrogens (tertiary/aromatic N) is 2. The lowest BCUT2D eigenvalue weighted by Gasteiger charge is -2.29. The number of hydrogen-bond donors (Lipinski definition) is 1. The maximum atomic E-state index is 12.8. The molecule has 0 aromatic heterocycles. The molecular weight excluding hydrogens is 374 g/mol. The summed E-state index contributed by atoms with van der Waals surface area (Å²) in [5.41, 5.74) is 0.735. The average molecular weight is 392 g/mol. The minimum atomic E-state index is -0.384. The van der Waals surface area contributed by atoms with Gasteiger partial charge in [-0.1, -0.05) is 15.9 Å². The van der Waals surface area contributed by atoms with Crippen molar-refractivity contribution in [2.75, 3.05) is 19.6 Å². The van der Waals surface area contributed by atoms with Crippen LogP contribution in [-0.4, -0.2) is 59.2 Å². The molecule has 0 saturated carbocycles. The fourth-order valence-electron chi connectivity index (χ4n) is 4.01. The molecule has 0 radical (unpaired) electrons. The van der Waals surface area contributed by atoms with Gasteiger partial charge in [-0.05, 0) is 44.0 Å². The van der Waals surface area contributed by atoms with E-state index in [0.717, 1.165) is 41.7 Å². The summed E-state index contributed by atoms with van der Waals surface area (Å²) in [5.74, 6) is -0.888. The number of fused-ring (bicyclic) bond motifs is 3. The zero-order valence-electron chi connectivity index (χ0n) is 13.1. The number of halogens is 1. The predicted molar refractivity (Wildman–Crippen MR) is 90.7 cm³/mol. The molecule has 7 heteroatoms. The van der Waals surface area contributed by atoms with E-state index < -0.39 is 0 Å². The first-order valence-electron chi connectivity index (χ1n) is 8.24. The first-order valence-corrected chi connectivity index (χ1v) is 9.03. The Bertz CT molecular complexity index is 722. The lowest BCUT2D eigenvalue weighted by molar-refractivity contribution is -0.134. The fraction of sp³-hybridized carbons (Fsp3) is 0.471. The monoisotopic (exact) mass is 391 g/mol. The van der Waals surface area contributed by atoms with Gasteiger partial charge in [-0.3, -0.25) is 19.3 Å². The lowest BCUT2D eigenvalue weighted by atomic mass is 10.1. The Morgan fingerprint density at radius 2 is 1.88 bits per heavy atom. The van der Waals surface area contributed by atoms with Crippen LogP contribution in [0.25, 0.3) is 0 Å². The number of carbonyl (C=O) groups is 3. The van der Waals surface area contributed by atoms with Crippen LogP contribution >= 0.6 is 15.9 Å². The van der Waals surface area contributed by atoms with Crippen LogP contribution in [0, 0.1) is 0 Å². The summed E-state index contributed by atoms with van der Waals surface area (Å²) in [6, 6.07) is 5.40. The molecule has 3 aliphatic heterocycles. The van der Waals surface area contributed by atoms with Crippen LogP contribution in [-0.2, 0) is 4.79 Å². The molecule has 24 heavy (non-hydrogen) atoms. The summed E-state index contributed by atoms with van der Waals surface area (Å²) in [5, 5.41) is 3.35. The predicted octanol–water partition coefficient (Wildman–Crippen LogP) is 1.40. The van der Waals surface area contributed by atoms with Gasteiger partial charge in [-0.25, -0.2) is 0 Å². The summed E-state index contributed by atoms with van der Waals surface area (Å²) in [6.07, 6.45) is 2.92. The number of rotatable bonds is 2. The number of benzene rings is 1. The van der Waals surface area contributed by atoms with Crippen LogP contribution in [0.2, 0.25) is 0 Å². The molecule has 2 fully saturated rings. The van der Waals surface area contributed by atoms with Gasteiger partial charge < -0.3 is 10.2 Å². The van der Waals surface area contributed by atoms with Gasteiger partial charge in [0.25, 0.3) is 11.8 Å². The highest BCUT2D eigenvalue weighted by Gasteiger charge is 2.42. The van der Waals surface area contributed by atoms with Crippen LogP contribution in [0.5, 0.6) is 0 Å². The summed E-state index contributed by atoms with van der Waals surface area (Å²) < 4.78 is 0.743. The number of hydrogen-bond acceptors (Lipinski definition) is 4. The normalized spacial score (nSPS) is 25.9. The molecule has 1 N–H and O–H groups in total. The van der Waals surface area contributed by atoms with Gasteiger partial charge in [0.05, 0.1) is 11.1 Å². The second-order valence-electron chi connectivity index (χ2n) is 6.57. The molecule has 126 valence electrons. The molecule has 0 spiro atoms. The molecule has 1 aromatic rings. The highest BCUT2D eigenvalue weighted by Crippen LogP contribution is 2.30. The molecule has 2 unspecified atom stereocenters. The minimum Gasteiger partial charge on any atom is -0.334 e. The molecular formula is C17H18BrN3O3. The third-order valence-corrected chi connectivity index (χ3v) is 5.66. The zero-order valence-corrected chi connectivity index (χ0v) is 14.7. The van der Waals surface area contributed by atoms with Crippen molar-refractivity contribution in [3.63, 3.8) is 0 Å². The van der Waals surface area contributed by atoms with E-state index in [1.807, 2.05) is 4.90 Å². The SMILES string of the molecule is O=C1c2ccc(Br)cc2C(=O)N1CC(=O)N1C2CCNCC1CC2. The smallest absolute Gasteiger partial charge is 0.262 e. The van der Waals surface area contributed by atoms with Crippen LogP contribution < -0.4 is 5.32 Å². The maximum Gasteiger partial charge on any atom is 0.262 e. The highest BCUT2D eigenvalue weighted by atomic mass is 79.9. The second kappa shape index (κ2) is 5.97. The largest absolute Gasteiger partial charge is 0.334 e. The van der Waals surface area contributed by atoms with Gasteiger partial charge in [0.2, 0.25) is 5.91 Å². The molecule has 0 aliphatic carbocycles. The molecule has 1 aromatic carbocycles. The molecule has 3 heterocycles. The molecule has 4 rings (SSSR count). The third-order valence-electron chi connectivity index (χ3n) is 5.17. The van der Waals surface area contributed by atoms with Gasteiger partial charge in [0.15, 0.2) is 0 Å². The summed E-state index contributed by atoms with van der Waals surface area (Å²) in [4.78, 5) is 40.8. The van der Waals surface area contributed by atoms with Gasteiger partial charge in [0, 0.05) is 23.1 Å². The van der Waals surface area contributed by atoms with Crippen molar-refractivity contribution in [1.82, 2.24) is 15.1 Å². The van der Waals surface area contributed by atoms with Crippen LogP contribution in [0.15, 0.2) is 22.7 Å². The van der Waals surface area contributed by atoms with Crippen molar-refractivity contribution >= 4 is 33.7 Å². The first kappa shape index (κ1) is 15.8. The highest BCUT2D eigenvalue weighted by molar-refractivity contribution is 9.10. The Kier molecular flexibility index (Phi) is 3.92. The number of imide groups is 1. The van der Waals surface area contributed by atoms with E-state index in [0.29, 0.717) is 11.1 Å². The first-order chi connectivity index (χ1) is 11.6. The van der Waals surface area contributed by atoms with Crippen molar-refractivity contribution in [2.45, 2.75) is 31.3 Å². The Morgan fingerprint density at radius 3 is 2.71 bits per heavy atom. The van der Waals surface area contributed by atoms with E-state index in [2.05, 4.69) is 21.2 Å². The van der Waals surface area contributed by atoms with Crippen LogP contribution in [0.4, 0.5) is 0 Å². The van der Waals surface area contributed by atoms with E-state index in [4.69, 9.17) is 0 Å². The number of nitrogens with one attached hydrogen (secondary N) is 1. The van der Waals surface area contributed by atoms with Gasteiger partial charge in [0.1, 0.15) is 6.54 Å². The van der Waals surface area contributed by atoms with Crippen LogP contribution in [0.3, 0.4) is 0 Å². The fourth-order valence-corrected chi connectivity index (χ4v) is 4.37. The Morgan fingerprint density at radius 1 is 1.12 bits per heavy atom. The summed E-state index contributed by atoms with van der Waals surface area (Å²) in [6.45, 7) is 1.53. The third kappa shape index (κ3) is 2.46. The summed E-state index contributed by atoms with van der Waals surface area (Å²) >= 11 is 3.31. The van der Waals surface area contributed by atoms with Gasteiger partial charge in [-0.2, -0.15) is 0 Å². The van der Waals surface area contributed by atoms with Crippen molar-refractivity contribution in [2.24, 2.45) is 0 Å². The van der Waals surface area contributed by atoms with E-state index >= 15 is 0 Å². The second-order valence-corrected chi connectivity index (χ2v) is 7.48. The summed E-state index contributed by atoms with van der Waals surface area (Å²) in [7, 11) is 0. The Balaban J connectivity index is 1.55. The van der Waals surface area contributed by atoms with Gasteiger partial charge >= 0.3 is 0 Å². The van der Waals surface area contributed by atoms with E-state index in [9.17, 15) is 14.4 Å².